The minimum absolute atomic E-state index is 0.0148. The molecule has 6 heteroatoms. The Morgan fingerprint density at radius 1 is 1.19 bits per heavy atom. The van der Waals surface area contributed by atoms with Gasteiger partial charge < -0.3 is 14.6 Å². The lowest BCUT2D eigenvalue weighted by Gasteiger charge is -2.05. The lowest BCUT2D eigenvalue weighted by atomic mass is 10.2. The predicted molar refractivity (Wildman–Crippen MR) is 102 cm³/mol. The zero-order valence-corrected chi connectivity index (χ0v) is 14.6. The van der Waals surface area contributed by atoms with Crippen LogP contribution in [0.1, 0.15) is 11.1 Å². The van der Waals surface area contributed by atoms with Crippen LogP contribution in [-0.4, -0.2) is 22.1 Å². The molecule has 0 fully saturated rings. The summed E-state index contributed by atoms with van der Waals surface area (Å²) in [4.78, 5) is 16.0. The molecule has 6 nitrogen and oxygen atoms in total. The molecule has 27 heavy (non-hydrogen) atoms. The summed E-state index contributed by atoms with van der Waals surface area (Å²) < 4.78 is 7.10. The van der Waals surface area contributed by atoms with Crippen LogP contribution in [0.4, 0.5) is 0 Å². The summed E-state index contributed by atoms with van der Waals surface area (Å²) in [7, 11) is 0. The smallest absolute Gasteiger partial charge is 0.244 e. The molecule has 0 aliphatic carbocycles. The molecule has 1 N–H and O–H groups in total. The number of imidazole rings is 1. The molecule has 0 saturated carbocycles. The van der Waals surface area contributed by atoms with Crippen molar-refractivity contribution in [1.82, 2.24) is 14.9 Å². The van der Waals surface area contributed by atoms with Crippen LogP contribution >= 0.6 is 0 Å². The van der Waals surface area contributed by atoms with Crippen molar-refractivity contribution in [3.63, 3.8) is 0 Å². The lowest BCUT2D eigenvalue weighted by molar-refractivity contribution is -0.116. The maximum atomic E-state index is 12.0. The first-order valence-corrected chi connectivity index (χ1v) is 8.37. The van der Waals surface area contributed by atoms with E-state index in [4.69, 9.17) is 10.00 Å². The molecule has 0 radical (unpaired) electrons. The minimum Gasteiger partial charge on any atom is -0.479 e. The largest absolute Gasteiger partial charge is 0.479 e. The van der Waals surface area contributed by atoms with E-state index in [1.54, 1.807) is 30.7 Å². The maximum Gasteiger partial charge on any atom is 0.244 e. The fourth-order valence-electron chi connectivity index (χ4n) is 2.41. The fraction of sp³-hybridized carbons (Fsp3) is 0.0952. The number of hydrogen-bond donors (Lipinski definition) is 1. The first kappa shape index (κ1) is 18.0. The third-order valence-electron chi connectivity index (χ3n) is 3.82. The Labute approximate surface area is 157 Å². The third-order valence-corrected chi connectivity index (χ3v) is 3.82. The summed E-state index contributed by atoms with van der Waals surface area (Å²) in [5.41, 5.74) is 2.91. The van der Waals surface area contributed by atoms with Gasteiger partial charge in [0, 0.05) is 30.7 Å². The molecule has 0 spiro atoms. The standard InChI is InChI=1S/C21H18N4O2/c22-11-14-27-20-8-3-17(4-9-20)5-10-21(26)24-15-18-1-6-19(7-2-18)25-13-12-23-16-25/h1-10,12-13,16H,14-15H2,(H,24,26)/b10-5+. The van der Waals surface area contributed by atoms with Gasteiger partial charge in [0.25, 0.3) is 0 Å². The van der Waals surface area contributed by atoms with Crippen LogP contribution in [0.3, 0.4) is 0 Å². The first-order chi connectivity index (χ1) is 13.2. The molecule has 0 aliphatic rings. The molecule has 0 saturated heterocycles. The SMILES string of the molecule is N#CCOc1ccc(/C=C/C(=O)NCc2ccc(-n3ccnc3)cc2)cc1. The number of aromatic nitrogens is 2. The number of ether oxygens (including phenoxy) is 1. The van der Waals surface area contributed by atoms with Gasteiger partial charge in [-0.05, 0) is 41.5 Å². The number of benzene rings is 2. The highest BCUT2D eigenvalue weighted by Crippen LogP contribution is 2.13. The summed E-state index contributed by atoms with van der Waals surface area (Å²) in [6.45, 7) is 0.467. The highest BCUT2D eigenvalue weighted by atomic mass is 16.5. The monoisotopic (exact) mass is 358 g/mol. The van der Waals surface area contributed by atoms with Gasteiger partial charge in [-0.25, -0.2) is 4.98 Å². The van der Waals surface area contributed by atoms with Crippen molar-refractivity contribution in [2.75, 3.05) is 6.61 Å². The van der Waals surface area contributed by atoms with E-state index in [1.165, 1.54) is 6.08 Å². The summed E-state index contributed by atoms with van der Waals surface area (Å²) >= 11 is 0. The zero-order valence-electron chi connectivity index (χ0n) is 14.6. The van der Waals surface area contributed by atoms with Crippen LogP contribution in [0.2, 0.25) is 0 Å². The van der Waals surface area contributed by atoms with Crippen LogP contribution in [-0.2, 0) is 11.3 Å². The third kappa shape index (κ3) is 5.31. The summed E-state index contributed by atoms with van der Waals surface area (Å²) in [5, 5.41) is 11.3. The van der Waals surface area contributed by atoms with Crippen molar-refractivity contribution in [1.29, 1.82) is 5.26 Å². The van der Waals surface area contributed by atoms with Crippen molar-refractivity contribution in [2.24, 2.45) is 0 Å². The van der Waals surface area contributed by atoms with Crippen molar-refractivity contribution in [3.05, 3.63) is 84.5 Å². The Bertz CT molecular complexity index is 937. The van der Waals surface area contributed by atoms with Gasteiger partial charge in [-0.15, -0.1) is 0 Å². The summed E-state index contributed by atoms with van der Waals surface area (Å²) in [6.07, 6.45) is 8.57. The predicted octanol–water partition coefficient (Wildman–Crippen LogP) is 3.10. The van der Waals surface area contributed by atoms with Crippen LogP contribution in [0, 0.1) is 11.3 Å². The second kappa shape index (κ2) is 9.02. The van der Waals surface area contributed by atoms with Gasteiger partial charge in [0.05, 0.1) is 6.33 Å². The molecule has 1 amide bonds. The molecule has 0 atom stereocenters. The van der Waals surface area contributed by atoms with Crippen molar-refractivity contribution < 1.29 is 9.53 Å². The van der Waals surface area contributed by atoms with Crippen LogP contribution in [0.5, 0.6) is 5.75 Å². The quantitative estimate of drug-likeness (QED) is 0.658. The number of amides is 1. The molecule has 2 aromatic carbocycles. The van der Waals surface area contributed by atoms with Crippen molar-refractivity contribution in [2.45, 2.75) is 6.54 Å². The van der Waals surface area contributed by atoms with Crippen LogP contribution < -0.4 is 10.1 Å². The van der Waals surface area contributed by atoms with E-state index < -0.39 is 0 Å². The number of hydrogen-bond acceptors (Lipinski definition) is 4. The molecule has 3 aromatic rings. The van der Waals surface area contributed by atoms with Gasteiger partial charge in [-0.2, -0.15) is 5.26 Å². The van der Waals surface area contributed by atoms with Crippen molar-refractivity contribution in [3.8, 4) is 17.5 Å². The number of nitrogens with one attached hydrogen (secondary N) is 1. The number of nitrogens with zero attached hydrogens (tertiary/aromatic N) is 3. The molecule has 3 rings (SSSR count). The van der Waals surface area contributed by atoms with E-state index >= 15 is 0 Å². The number of carbonyl (C=O) groups excluding carboxylic acids is 1. The minimum atomic E-state index is -0.168. The van der Waals surface area contributed by atoms with Crippen LogP contribution in [0.25, 0.3) is 11.8 Å². The molecular formula is C21H18N4O2. The molecular weight excluding hydrogens is 340 g/mol. The Balaban J connectivity index is 1.49. The Kier molecular flexibility index (Phi) is 6.00. The number of nitriles is 1. The first-order valence-electron chi connectivity index (χ1n) is 8.37. The summed E-state index contributed by atoms with van der Waals surface area (Å²) in [6, 6.07) is 17.0. The van der Waals surface area contributed by atoms with E-state index in [1.807, 2.05) is 53.2 Å². The van der Waals surface area contributed by atoms with E-state index in [2.05, 4.69) is 10.3 Å². The molecule has 0 unspecified atom stereocenters. The Hall–Kier alpha value is -3.85. The Morgan fingerprint density at radius 2 is 1.96 bits per heavy atom. The number of rotatable bonds is 7. The molecule has 0 bridgehead atoms. The van der Waals surface area contributed by atoms with Crippen LogP contribution in [0.15, 0.2) is 73.3 Å². The topological polar surface area (TPSA) is 79.9 Å². The average Bonchev–Trinajstić information content (AvgIpc) is 3.25. The highest BCUT2D eigenvalue weighted by molar-refractivity contribution is 5.91. The van der Waals surface area contributed by atoms with Gasteiger partial charge in [-0.3, -0.25) is 4.79 Å². The second-order valence-corrected chi connectivity index (χ2v) is 5.70. The Morgan fingerprint density at radius 3 is 2.63 bits per heavy atom. The molecule has 1 heterocycles. The van der Waals surface area contributed by atoms with Crippen molar-refractivity contribution >= 4 is 12.0 Å². The average molecular weight is 358 g/mol. The second-order valence-electron chi connectivity index (χ2n) is 5.70. The van der Waals surface area contributed by atoms with E-state index in [0.717, 1.165) is 16.8 Å². The lowest BCUT2D eigenvalue weighted by Crippen LogP contribution is -2.20. The van der Waals surface area contributed by atoms with Gasteiger partial charge in [0.1, 0.15) is 11.8 Å². The van der Waals surface area contributed by atoms with E-state index in [9.17, 15) is 4.79 Å². The molecule has 1 aromatic heterocycles. The van der Waals surface area contributed by atoms with Gasteiger partial charge >= 0.3 is 0 Å². The molecule has 134 valence electrons. The zero-order chi connectivity index (χ0) is 18.9. The fourth-order valence-corrected chi connectivity index (χ4v) is 2.41. The van der Waals surface area contributed by atoms with E-state index in [0.29, 0.717) is 12.3 Å². The van der Waals surface area contributed by atoms with Gasteiger partial charge in [0.15, 0.2) is 6.61 Å². The highest BCUT2D eigenvalue weighted by Gasteiger charge is 1.99. The molecule has 0 aliphatic heterocycles. The number of carbonyl (C=O) groups is 1. The van der Waals surface area contributed by atoms with Gasteiger partial charge in [0.2, 0.25) is 5.91 Å². The summed E-state index contributed by atoms with van der Waals surface area (Å²) in [5.74, 6) is 0.454. The normalized spacial score (nSPS) is 10.5. The maximum absolute atomic E-state index is 12.0. The van der Waals surface area contributed by atoms with Gasteiger partial charge in [-0.1, -0.05) is 24.3 Å². The van der Waals surface area contributed by atoms with E-state index in [-0.39, 0.29) is 12.5 Å².